The lowest BCUT2D eigenvalue weighted by atomic mass is 9.78. The van der Waals surface area contributed by atoms with Crippen LogP contribution in [0.25, 0.3) is 0 Å². The molecule has 346 valence electrons. The zero-order valence-electron chi connectivity index (χ0n) is 40.5. The second-order valence-electron chi connectivity index (χ2n) is 23.8. The third-order valence-electron chi connectivity index (χ3n) is 14.8. The number of hydroxylamine groups is 4. The van der Waals surface area contributed by atoms with Gasteiger partial charge in [-0.05, 0) is 125 Å². The van der Waals surface area contributed by atoms with Gasteiger partial charge in [-0.15, -0.1) is 0 Å². The van der Waals surface area contributed by atoms with Crippen molar-refractivity contribution in [3.8, 4) is 0 Å². The number of piperidine rings is 4. The zero-order chi connectivity index (χ0) is 46.0. The van der Waals surface area contributed by atoms with E-state index >= 15 is 0 Å². The molecule has 14 heteroatoms. The molecule has 0 aromatic rings. The predicted molar refractivity (Wildman–Crippen MR) is 228 cm³/mol. The molecule has 4 saturated heterocycles. The van der Waals surface area contributed by atoms with E-state index in [1.54, 1.807) is 0 Å². The fraction of sp³-hybridized carbons (Fsp3) is 0.913. The molecule has 4 aliphatic rings. The maximum Gasteiger partial charge on any atom is 0.310 e. The van der Waals surface area contributed by atoms with Gasteiger partial charge < -0.3 is 29.4 Å². The summed E-state index contributed by atoms with van der Waals surface area (Å²) in [5.41, 5.74) is -4.17. The van der Waals surface area contributed by atoms with Gasteiger partial charge in [-0.1, -0.05) is 0 Å². The molecule has 60 heavy (non-hydrogen) atoms. The third kappa shape index (κ3) is 11.2. The van der Waals surface area contributed by atoms with Crippen LogP contribution in [0, 0.1) is 11.8 Å². The molecule has 4 rings (SSSR count). The minimum atomic E-state index is -1.45. The van der Waals surface area contributed by atoms with Gasteiger partial charge in [-0.2, -0.15) is 10.1 Å². The predicted octanol–water partition coefficient (Wildman–Crippen LogP) is 7.30. The highest BCUT2D eigenvalue weighted by atomic mass is 16.6. The Hall–Kier alpha value is -2.36. The van der Waals surface area contributed by atoms with Gasteiger partial charge in [-0.3, -0.25) is 29.0 Å². The monoisotopic (exact) mass is 851 g/mol. The van der Waals surface area contributed by atoms with E-state index in [1.807, 2.05) is 55.4 Å². The van der Waals surface area contributed by atoms with E-state index in [-0.39, 0.29) is 22.2 Å². The van der Waals surface area contributed by atoms with Crippen molar-refractivity contribution in [2.24, 2.45) is 11.8 Å². The van der Waals surface area contributed by atoms with Crippen LogP contribution >= 0.6 is 0 Å². The van der Waals surface area contributed by atoms with Crippen LogP contribution in [0.2, 0.25) is 0 Å². The molecule has 0 aromatic heterocycles. The largest absolute Gasteiger partial charge is 0.462 e. The molecule has 0 radical (unpaired) electrons. The number of likely N-dealkylation sites (tertiary alicyclic amines) is 2. The highest BCUT2D eigenvalue weighted by molar-refractivity contribution is 5.88. The van der Waals surface area contributed by atoms with Crippen LogP contribution in [-0.2, 0) is 38.1 Å². The Balaban J connectivity index is 1.72. The molecule has 0 aromatic carbocycles. The third-order valence-corrected chi connectivity index (χ3v) is 14.8. The van der Waals surface area contributed by atoms with Crippen LogP contribution in [0.15, 0.2) is 0 Å². The standard InChI is InChI=1S/C46H82N4O10/c1-39(2)21-29(22-40(3,4)47(39)17)57-35(51)19-33(37(53)59-31-25-43(9,10)49(55)44(11,12)26-31)34(38(54)60-32-27-45(13,14)50(56)46(15,16)28-32)20-36(52)58-30-23-41(5,6)48(18)42(7,8)24-30/h29-34,55-56H,19-28H2,1-18H3. The molecule has 4 fully saturated rings. The van der Waals surface area contributed by atoms with Crippen molar-refractivity contribution < 1.29 is 48.5 Å². The summed E-state index contributed by atoms with van der Waals surface area (Å²) in [5.74, 6) is -5.89. The number of rotatable bonds is 11. The summed E-state index contributed by atoms with van der Waals surface area (Å²) in [7, 11) is 4.12. The summed E-state index contributed by atoms with van der Waals surface area (Å²) in [5, 5.41) is 24.6. The van der Waals surface area contributed by atoms with Crippen molar-refractivity contribution in [3.63, 3.8) is 0 Å². The number of hydrogen-bond acceptors (Lipinski definition) is 14. The zero-order valence-corrected chi connectivity index (χ0v) is 40.5. The molecular weight excluding hydrogens is 769 g/mol. The first kappa shape index (κ1) is 50.3. The van der Waals surface area contributed by atoms with Gasteiger partial charge in [0.15, 0.2) is 0 Å². The normalized spacial score (nSPS) is 28.3. The van der Waals surface area contributed by atoms with Gasteiger partial charge in [0.1, 0.15) is 24.4 Å². The summed E-state index contributed by atoms with van der Waals surface area (Å²) in [6.45, 7) is 31.7. The summed E-state index contributed by atoms with van der Waals surface area (Å²) in [6.07, 6.45) is 0.133. The van der Waals surface area contributed by atoms with Crippen LogP contribution in [0.5, 0.6) is 0 Å². The Morgan fingerprint density at radius 3 is 0.850 bits per heavy atom. The van der Waals surface area contributed by atoms with E-state index in [0.717, 1.165) is 0 Å². The summed E-state index contributed by atoms with van der Waals surface area (Å²) in [6, 6.07) is 0. The minimum Gasteiger partial charge on any atom is -0.462 e. The van der Waals surface area contributed by atoms with E-state index in [0.29, 0.717) is 51.4 Å². The quantitative estimate of drug-likeness (QED) is 0.158. The summed E-state index contributed by atoms with van der Waals surface area (Å²) < 4.78 is 24.8. The average Bonchev–Trinajstić information content (AvgIpc) is 3.04. The number of hydrogen-bond donors (Lipinski definition) is 2. The van der Waals surface area contributed by atoms with E-state index in [1.165, 1.54) is 10.1 Å². The highest BCUT2D eigenvalue weighted by Gasteiger charge is 2.52. The van der Waals surface area contributed by atoms with Crippen LogP contribution in [-0.4, -0.2) is 137 Å². The number of esters is 4. The molecule has 0 saturated carbocycles. The van der Waals surface area contributed by atoms with Crippen molar-refractivity contribution in [2.45, 2.75) is 244 Å². The summed E-state index contributed by atoms with van der Waals surface area (Å²) in [4.78, 5) is 62.4. The molecule has 2 unspecified atom stereocenters. The Morgan fingerprint density at radius 2 is 0.617 bits per heavy atom. The van der Waals surface area contributed by atoms with Gasteiger partial charge in [0.25, 0.3) is 0 Å². The fourth-order valence-electron chi connectivity index (χ4n) is 11.4. The number of ether oxygens (including phenoxy) is 4. The maximum absolute atomic E-state index is 14.7. The molecule has 14 nitrogen and oxygen atoms in total. The Labute approximate surface area is 361 Å². The molecule has 4 heterocycles. The van der Waals surface area contributed by atoms with E-state index in [9.17, 15) is 29.6 Å². The van der Waals surface area contributed by atoms with Gasteiger partial charge in [0.05, 0.1) is 24.7 Å². The molecule has 2 atom stereocenters. The second kappa shape index (κ2) is 17.0. The van der Waals surface area contributed by atoms with Crippen LogP contribution in [0.1, 0.15) is 175 Å². The number of carbonyl (C=O) groups is 4. The number of nitrogens with zero attached hydrogens (tertiary/aromatic N) is 4. The van der Waals surface area contributed by atoms with Crippen molar-refractivity contribution >= 4 is 23.9 Å². The Morgan fingerprint density at radius 1 is 0.417 bits per heavy atom. The van der Waals surface area contributed by atoms with Crippen molar-refractivity contribution in [3.05, 3.63) is 0 Å². The lowest BCUT2D eigenvalue weighted by Gasteiger charge is -2.53. The molecule has 4 aliphatic heterocycles. The first-order valence-electron chi connectivity index (χ1n) is 22.2. The van der Waals surface area contributed by atoms with Crippen molar-refractivity contribution in [2.75, 3.05) is 14.1 Å². The maximum atomic E-state index is 14.7. The van der Waals surface area contributed by atoms with Gasteiger partial charge >= 0.3 is 23.9 Å². The lowest BCUT2D eigenvalue weighted by molar-refractivity contribution is -0.261. The Bertz CT molecular complexity index is 1410. The van der Waals surface area contributed by atoms with Crippen molar-refractivity contribution in [1.82, 2.24) is 19.9 Å². The number of carbonyl (C=O) groups excluding carboxylic acids is 4. The van der Waals surface area contributed by atoms with E-state index < -0.39 is 95.1 Å². The topological polar surface area (TPSA) is 159 Å². The van der Waals surface area contributed by atoms with Crippen LogP contribution < -0.4 is 0 Å². The highest BCUT2D eigenvalue weighted by Crippen LogP contribution is 2.43. The molecule has 0 bridgehead atoms. The molecular formula is C46H82N4O10. The van der Waals surface area contributed by atoms with E-state index in [4.69, 9.17) is 18.9 Å². The van der Waals surface area contributed by atoms with Gasteiger partial charge in [0, 0.05) is 95.7 Å². The molecule has 2 N–H and O–H groups in total. The van der Waals surface area contributed by atoms with E-state index in [2.05, 4.69) is 79.3 Å². The lowest BCUT2D eigenvalue weighted by Crippen LogP contribution is -2.61. The van der Waals surface area contributed by atoms with Crippen LogP contribution in [0.4, 0.5) is 0 Å². The average molecular weight is 851 g/mol. The molecule has 0 aliphatic carbocycles. The summed E-state index contributed by atoms with van der Waals surface area (Å²) >= 11 is 0. The minimum absolute atomic E-state index is 0.287. The first-order valence-corrected chi connectivity index (χ1v) is 22.2. The molecule has 0 amide bonds. The van der Waals surface area contributed by atoms with Crippen LogP contribution in [0.3, 0.4) is 0 Å². The van der Waals surface area contributed by atoms with Gasteiger partial charge in [-0.25, -0.2) is 0 Å². The second-order valence-corrected chi connectivity index (χ2v) is 23.8. The molecule has 0 spiro atoms. The van der Waals surface area contributed by atoms with Gasteiger partial charge in [0.2, 0.25) is 0 Å². The first-order chi connectivity index (χ1) is 26.9. The Kier molecular flexibility index (Phi) is 14.2. The van der Waals surface area contributed by atoms with Crippen molar-refractivity contribution in [1.29, 1.82) is 0 Å². The fourth-order valence-corrected chi connectivity index (χ4v) is 11.4. The smallest absolute Gasteiger partial charge is 0.310 e. The SMILES string of the molecule is CN1C(C)(C)CC(OC(=O)CC(C(=O)OC2CC(C)(C)N(O)C(C)(C)C2)C(CC(=O)OC2CC(C)(C)N(C)C(C)(C)C2)C(=O)OC2CC(C)(C)N(O)C(C)(C)C2)CC1(C)C.